The Kier molecular flexibility index (Phi) is 6.01. The largest absolute Gasteiger partial charge is 0.325 e. The van der Waals surface area contributed by atoms with Crippen molar-refractivity contribution in [2.45, 2.75) is 25.5 Å². The summed E-state index contributed by atoms with van der Waals surface area (Å²) in [5.41, 5.74) is 3.43. The lowest BCUT2D eigenvalue weighted by molar-refractivity contribution is -0.121. The number of hydrogen-bond donors (Lipinski definition) is 1. The number of benzene rings is 2. The molecule has 0 spiro atoms. The molecule has 1 N–H and O–H groups in total. The molecule has 0 aliphatic carbocycles. The number of rotatable bonds is 5. The van der Waals surface area contributed by atoms with E-state index in [1.54, 1.807) is 24.3 Å². The van der Waals surface area contributed by atoms with Crippen LogP contribution in [0.15, 0.2) is 46.9 Å². The van der Waals surface area contributed by atoms with Gasteiger partial charge in [-0.15, -0.1) is 11.8 Å². The number of aryl methyl sites for hydroxylation is 2. The first-order valence-corrected chi connectivity index (χ1v) is 10.3. The van der Waals surface area contributed by atoms with Gasteiger partial charge in [-0.05, 0) is 61.4 Å². The molecule has 1 aliphatic rings. The van der Waals surface area contributed by atoms with E-state index in [1.807, 2.05) is 32.0 Å². The van der Waals surface area contributed by atoms with Crippen LogP contribution in [0.3, 0.4) is 0 Å². The van der Waals surface area contributed by atoms with E-state index >= 15 is 0 Å². The van der Waals surface area contributed by atoms with Crippen molar-refractivity contribution in [1.29, 1.82) is 0 Å². The van der Waals surface area contributed by atoms with Crippen LogP contribution in [-0.4, -0.2) is 28.7 Å². The molecule has 0 aromatic heterocycles. The van der Waals surface area contributed by atoms with Crippen molar-refractivity contribution in [3.05, 3.63) is 58.1 Å². The molecule has 2 aromatic rings. The number of hydrogen-bond acceptors (Lipinski definition) is 4. The number of halogens is 1. The van der Waals surface area contributed by atoms with E-state index in [1.165, 1.54) is 16.7 Å². The molecule has 3 rings (SSSR count). The first-order valence-electron chi connectivity index (χ1n) is 8.45. The number of amides is 3. The van der Waals surface area contributed by atoms with Crippen LogP contribution in [0, 0.1) is 13.8 Å². The lowest BCUT2D eigenvalue weighted by atomic mass is 10.1. The normalized spacial score (nSPS) is 16.7. The number of carbonyl (C=O) groups is 3. The Bertz CT molecular complexity index is 878. The van der Waals surface area contributed by atoms with Crippen LogP contribution in [0.5, 0.6) is 0 Å². The Morgan fingerprint density at radius 1 is 1.15 bits per heavy atom. The summed E-state index contributed by atoms with van der Waals surface area (Å²) >= 11 is 4.54. The van der Waals surface area contributed by atoms with Gasteiger partial charge in [-0.3, -0.25) is 14.4 Å². The second-order valence-electron chi connectivity index (χ2n) is 6.47. The van der Waals surface area contributed by atoms with E-state index in [0.717, 1.165) is 21.3 Å². The lowest BCUT2D eigenvalue weighted by Gasteiger charge is -2.15. The van der Waals surface area contributed by atoms with E-state index in [2.05, 4.69) is 21.2 Å². The standard InChI is InChI=1S/C20H19BrN2O3S/c1-12-7-13(2)9-15(8-12)22-18(24)11-27-17-10-19(25)23(20(17)26)16-5-3-14(21)4-6-16/h3-9,17H,10-11H2,1-2H3,(H,22,24)/t17-/m1/s1. The summed E-state index contributed by atoms with van der Waals surface area (Å²) in [5, 5.41) is 2.31. The van der Waals surface area contributed by atoms with Crippen LogP contribution < -0.4 is 10.2 Å². The number of nitrogens with zero attached hydrogens (tertiary/aromatic N) is 1. The van der Waals surface area contributed by atoms with Crippen molar-refractivity contribution in [3.63, 3.8) is 0 Å². The van der Waals surface area contributed by atoms with Crippen LogP contribution in [0.1, 0.15) is 17.5 Å². The SMILES string of the molecule is Cc1cc(C)cc(NC(=O)CS[C@@H]2CC(=O)N(c3ccc(Br)cc3)C2=O)c1. The first-order chi connectivity index (χ1) is 12.8. The van der Waals surface area contributed by atoms with E-state index in [-0.39, 0.29) is 29.9 Å². The second kappa shape index (κ2) is 8.27. The van der Waals surface area contributed by atoms with Crippen LogP contribution in [0.4, 0.5) is 11.4 Å². The van der Waals surface area contributed by atoms with Crippen molar-refractivity contribution in [3.8, 4) is 0 Å². The number of thioether (sulfide) groups is 1. The van der Waals surface area contributed by atoms with Crippen molar-refractivity contribution in [2.75, 3.05) is 16.0 Å². The molecule has 27 heavy (non-hydrogen) atoms. The Labute approximate surface area is 170 Å². The average Bonchev–Trinajstić information content (AvgIpc) is 2.87. The summed E-state index contributed by atoms with van der Waals surface area (Å²) in [5.74, 6) is -0.585. The van der Waals surface area contributed by atoms with Gasteiger partial charge >= 0.3 is 0 Å². The van der Waals surface area contributed by atoms with Crippen LogP contribution in [0.2, 0.25) is 0 Å². The summed E-state index contributed by atoms with van der Waals surface area (Å²) < 4.78 is 0.874. The van der Waals surface area contributed by atoms with Gasteiger partial charge < -0.3 is 5.32 Å². The average molecular weight is 447 g/mol. The van der Waals surface area contributed by atoms with Gasteiger partial charge in [0.2, 0.25) is 17.7 Å². The van der Waals surface area contributed by atoms with Crippen molar-refractivity contribution < 1.29 is 14.4 Å². The van der Waals surface area contributed by atoms with Gasteiger partial charge in [0.1, 0.15) is 0 Å². The summed E-state index contributed by atoms with van der Waals surface area (Å²) in [6.07, 6.45) is 0.108. The highest BCUT2D eigenvalue weighted by atomic mass is 79.9. The predicted octanol–water partition coefficient (Wildman–Crippen LogP) is 4.07. The Hall–Kier alpha value is -2.12. The molecular weight excluding hydrogens is 428 g/mol. The monoisotopic (exact) mass is 446 g/mol. The van der Waals surface area contributed by atoms with Crippen molar-refractivity contribution in [2.24, 2.45) is 0 Å². The maximum absolute atomic E-state index is 12.6. The number of carbonyl (C=O) groups excluding carboxylic acids is 3. The topological polar surface area (TPSA) is 66.5 Å². The summed E-state index contributed by atoms with van der Waals surface area (Å²) in [6.45, 7) is 3.94. The van der Waals surface area contributed by atoms with Gasteiger partial charge in [0.05, 0.1) is 16.7 Å². The van der Waals surface area contributed by atoms with Crippen LogP contribution in [0.25, 0.3) is 0 Å². The van der Waals surface area contributed by atoms with Crippen molar-refractivity contribution >= 4 is 56.8 Å². The minimum Gasteiger partial charge on any atom is -0.325 e. The quantitative estimate of drug-likeness (QED) is 0.702. The number of imide groups is 1. The minimum atomic E-state index is -0.536. The van der Waals surface area contributed by atoms with E-state index in [9.17, 15) is 14.4 Å². The molecule has 140 valence electrons. The lowest BCUT2D eigenvalue weighted by Crippen LogP contribution is -2.31. The first kappa shape index (κ1) is 19.6. The van der Waals surface area contributed by atoms with Gasteiger partial charge in [0.25, 0.3) is 0 Å². The van der Waals surface area contributed by atoms with Crippen LogP contribution >= 0.6 is 27.7 Å². The second-order valence-corrected chi connectivity index (χ2v) is 8.58. The molecule has 1 saturated heterocycles. The molecule has 0 radical (unpaired) electrons. The van der Waals surface area contributed by atoms with Gasteiger partial charge in [0.15, 0.2) is 0 Å². The fourth-order valence-electron chi connectivity index (χ4n) is 3.02. The number of nitrogens with one attached hydrogen (secondary N) is 1. The molecule has 1 aliphatic heterocycles. The van der Waals surface area contributed by atoms with Crippen molar-refractivity contribution in [1.82, 2.24) is 0 Å². The molecule has 0 unspecified atom stereocenters. The highest BCUT2D eigenvalue weighted by molar-refractivity contribution is 9.10. The Balaban J connectivity index is 1.59. The molecule has 1 atom stereocenters. The maximum Gasteiger partial charge on any atom is 0.247 e. The Morgan fingerprint density at radius 3 is 2.41 bits per heavy atom. The zero-order chi connectivity index (χ0) is 19.6. The zero-order valence-corrected chi connectivity index (χ0v) is 17.4. The predicted molar refractivity (Wildman–Crippen MR) is 112 cm³/mol. The maximum atomic E-state index is 12.6. The van der Waals surface area contributed by atoms with Gasteiger partial charge in [-0.25, -0.2) is 4.90 Å². The fraction of sp³-hybridized carbons (Fsp3) is 0.250. The summed E-state index contributed by atoms with van der Waals surface area (Å²) in [7, 11) is 0. The number of anilines is 2. The van der Waals surface area contributed by atoms with E-state index in [0.29, 0.717) is 5.69 Å². The highest BCUT2D eigenvalue weighted by Crippen LogP contribution is 2.30. The van der Waals surface area contributed by atoms with E-state index < -0.39 is 5.25 Å². The van der Waals surface area contributed by atoms with Gasteiger partial charge in [-0.1, -0.05) is 22.0 Å². The van der Waals surface area contributed by atoms with Crippen LogP contribution in [-0.2, 0) is 14.4 Å². The molecule has 3 amide bonds. The molecule has 7 heteroatoms. The third-order valence-corrected chi connectivity index (χ3v) is 5.84. The molecule has 1 fully saturated rings. The smallest absolute Gasteiger partial charge is 0.247 e. The molecular formula is C20H19BrN2O3S. The summed E-state index contributed by atoms with van der Waals surface area (Å²) in [4.78, 5) is 38.3. The third-order valence-electron chi connectivity index (χ3n) is 4.11. The molecule has 0 bridgehead atoms. The highest BCUT2D eigenvalue weighted by Gasteiger charge is 2.40. The van der Waals surface area contributed by atoms with Gasteiger partial charge in [0, 0.05) is 16.6 Å². The fourth-order valence-corrected chi connectivity index (χ4v) is 4.21. The third kappa shape index (κ3) is 4.78. The summed E-state index contributed by atoms with van der Waals surface area (Å²) in [6, 6.07) is 12.8. The minimum absolute atomic E-state index is 0.108. The Morgan fingerprint density at radius 2 is 1.78 bits per heavy atom. The van der Waals surface area contributed by atoms with E-state index in [4.69, 9.17) is 0 Å². The zero-order valence-electron chi connectivity index (χ0n) is 15.0. The van der Waals surface area contributed by atoms with Gasteiger partial charge in [-0.2, -0.15) is 0 Å². The molecule has 5 nitrogen and oxygen atoms in total. The molecule has 1 heterocycles. The molecule has 2 aromatic carbocycles. The molecule has 0 saturated carbocycles.